The highest BCUT2D eigenvalue weighted by Gasteiger charge is 2.24. The van der Waals surface area contributed by atoms with E-state index >= 15 is 0 Å². The SMILES string of the molecule is CCCCCC[C@H](CC=CCCCCCCCC(=O)OCOC(=O)CCCCCCCC=CC[C@H](CCCCCC)OC(=O)C[N+](C)(C)CCOC(C)=O)OC. The first kappa shape index (κ1) is 53.3. The second-order valence-electron chi connectivity index (χ2n) is 16.0. The molecule has 0 saturated heterocycles. The van der Waals surface area contributed by atoms with Crippen LogP contribution in [0.5, 0.6) is 0 Å². The summed E-state index contributed by atoms with van der Waals surface area (Å²) in [5, 5.41) is 0. The van der Waals surface area contributed by atoms with E-state index in [2.05, 4.69) is 38.2 Å². The first-order chi connectivity index (χ1) is 27.0. The van der Waals surface area contributed by atoms with E-state index in [0.717, 1.165) is 116 Å². The van der Waals surface area contributed by atoms with E-state index in [1.54, 1.807) is 0 Å². The Morgan fingerprint density at radius 1 is 0.554 bits per heavy atom. The lowest BCUT2D eigenvalue weighted by molar-refractivity contribution is -0.883. The van der Waals surface area contributed by atoms with Crippen LogP contribution in [0.3, 0.4) is 0 Å². The van der Waals surface area contributed by atoms with Gasteiger partial charge in [0, 0.05) is 33.3 Å². The molecule has 0 fully saturated rings. The fraction of sp³-hybridized carbons (Fsp3) is 0.826. The van der Waals surface area contributed by atoms with E-state index < -0.39 is 0 Å². The second-order valence-corrected chi connectivity index (χ2v) is 16.0. The summed E-state index contributed by atoms with van der Waals surface area (Å²) in [5.41, 5.74) is 0. The third kappa shape index (κ3) is 36.9. The molecule has 10 nitrogen and oxygen atoms in total. The molecule has 326 valence electrons. The quantitative estimate of drug-likeness (QED) is 0.0150. The van der Waals surface area contributed by atoms with Crippen molar-refractivity contribution < 1.29 is 47.3 Å². The van der Waals surface area contributed by atoms with Gasteiger partial charge in [0.1, 0.15) is 19.3 Å². The summed E-state index contributed by atoms with van der Waals surface area (Å²) >= 11 is 0. The van der Waals surface area contributed by atoms with Crippen LogP contribution in [0.15, 0.2) is 24.3 Å². The Hall–Kier alpha value is -2.72. The fourth-order valence-electron chi connectivity index (χ4n) is 6.40. The van der Waals surface area contributed by atoms with Gasteiger partial charge in [-0.2, -0.15) is 0 Å². The van der Waals surface area contributed by atoms with Crippen molar-refractivity contribution >= 4 is 23.9 Å². The summed E-state index contributed by atoms with van der Waals surface area (Å²) < 4.78 is 27.1. The molecule has 0 radical (unpaired) electrons. The minimum absolute atomic E-state index is 0.129. The van der Waals surface area contributed by atoms with E-state index in [1.165, 1.54) is 39.0 Å². The summed E-state index contributed by atoms with van der Waals surface area (Å²) in [7, 11) is 5.69. The Morgan fingerprint density at radius 3 is 1.52 bits per heavy atom. The van der Waals surface area contributed by atoms with Crippen molar-refractivity contribution in [1.29, 1.82) is 0 Å². The lowest BCUT2D eigenvalue weighted by atomic mass is 10.1. The maximum absolute atomic E-state index is 12.7. The minimum atomic E-state index is -0.325. The summed E-state index contributed by atoms with van der Waals surface area (Å²) in [4.78, 5) is 47.8. The van der Waals surface area contributed by atoms with Crippen molar-refractivity contribution in [1.82, 2.24) is 0 Å². The third-order valence-electron chi connectivity index (χ3n) is 10.0. The summed E-state index contributed by atoms with van der Waals surface area (Å²) in [6.45, 7) is 6.57. The van der Waals surface area contributed by atoms with Gasteiger partial charge in [-0.3, -0.25) is 14.4 Å². The first-order valence-electron chi connectivity index (χ1n) is 22.3. The van der Waals surface area contributed by atoms with Gasteiger partial charge < -0.3 is 28.2 Å². The number of likely N-dealkylation sites (N-methyl/N-ethyl adjacent to an activating group) is 1. The van der Waals surface area contributed by atoms with Gasteiger partial charge in [-0.1, -0.05) is 122 Å². The van der Waals surface area contributed by atoms with Crippen molar-refractivity contribution in [2.24, 2.45) is 0 Å². The summed E-state index contributed by atoms with van der Waals surface area (Å²) in [6, 6.07) is 0. The van der Waals surface area contributed by atoms with Crippen LogP contribution in [0.25, 0.3) is 0 Å². The molecular formula is C46H84NO9+. The fourth-order valence-corrected chi connectivity index (χ4v) is 6.40. The predicted molar refractivity (Wildman–Crippen MR) is 226 cm³/mol. The Balaban J connectivity index is 3.94. The molecule has 10 heteroatoms. The zero-order valence-electron chi connectivity index (χ0n) is 36.8. The highest BCUT2D eigenvalue weighted by molar-refractivity contribution is 5.71. The number of rotatable bonds is 39. The van der Waals surface area contributed by atoms with Crippen LogP contribution < -0.4 is 0 Å². The Labute approximate surface area is 342 Å². The van der Waals surface area contributed by atoms with Crippen molar-refractivity contribution in [3.8, 4) is 0 Å². The molecule has 0 bridgehead atoms. The molecule has 0 aromatic carbocycles. The number of unbranched alkanes of at least 4 members (excludes halogenated alkanes) is 16. The van der Waals surface area contributed by atoms with E-state index in [9.17, 15) is 19.2 Å². The van der Waals surface area contributed by atoms with Crippen LogP contribution in [0.4, 0.5) is 0 Å². The summed E-state index contributed by atoms with van der Waals surface area (Å²) in [5.74, 6) is -1.17. The van der Waals surface area contributed by atoms with Gasteiger partial charge >= 0.3 is 23.9 Å². The number of nitrogens with zero attached hydrogens (tertiary/aromatic N) is 1. The second kappa shape index (κ2) is 37.8. The topological polar surface area (TPSA) is 114 Å². The van der Waals surface area contributed by atoms with Gasteiger partial charge in [0.25, 0.3) is 0 Å². The molecule has 0 unspecified atom stereocenters. The van der Waals surface area contributed by atoms with Gasteiger partial charge in [-0.25, -0.2) is 4.79 Å². The molecule has 0 rings (SSSR count). The largest absolute Gasteiger partial charge is 0.460 e. The molecule has 0 heterocycles. The average Bonchev–Trinajstić information content (AvgIpc) is 3.14. The number of ether oxygens (including phenoxy) is 5. The Morgan fingerprint density at radius 2 is 1.02 bits per heavy atom. The minimum Gasteiger partial charge on any atom is -0.460 e. The number of esters is 4. The molecule has 0 amide bonds. The van der Waals surface area contributed by atoms with Crippen LogP contribution >= 0.6 is 0 Å². The maximum atomic E-state index is 12.7. The molecule has 0 aromatic heterocycles. The number of allylic oxidation sites excluding steroid dienone is 2. The van der Waals surface area contributed by atoms with Gasteiger partial charge in [0.05, 0.1) is 20.2 Å². The number of quaternary nitrogens is 1. The van der Waals surface area contributed by atoms with Crippen molar-refractivity contribution in [2.45, 2.75) is 200 Å². The zero-order chi connectivity index (χ0) is 41.5. The van der Waals surface area contributed by atoms with Gasteiger partial charge in [-0.15, -0.1) is 0 Å². The molecule has 0 aliphatic heterocycles. The van der Waals surface area contributed by atoms with Gasteiger partial charge in [-0.05, 0) is 64.2 Å². The van der Waals surface area contributed by atoms with E-state index in [0.29, 0.717) is 36.4 Å². The van der Waals surface area contributed by atoms with E-state index in [4.69, 9.17) is 23.7 Å². The van der Waals surface area contributed by atoms with Crippen LogP contribution in [0.2, 0.25) is 0 Å². The van der Waals surface area contributed by atoms with Crippen LogP contribution in [0.1, 0.15) is 188 Å². The third-order valence-corrected chi connectivity index (χ3v) is 10.0. The molecule has 56 heavy (non-hydrogen) atoms. The molecule has 2 atom stereocenters. The van der Waals surface area contributed by atoms with E-state index in [1.807, 2.05) is 21.2 Å². The number of methoxy groups -OCH3 is 1. The molecule has 0 spiro atoms. The summed E-state index contributed by atoms with van der Waals surface area (Å²) in [6.07, 6.45) is 35.3. The number of hydrogen-bond donors (Lipinski definition) is 0. The number of carbonyl (C=O) groups is 4. The highest BCUT2D eigenvalue weighted by Crippen LogP contribution is 2.16. The number of carbonyl (C=O) groups excluding carboxylic acids is 4. The number of hydrogen-bond acceptors (Lipinski definition) is 9. The lowest BCUT2D eigenvalue weighted by Crippen LogP contribution is -2.47. The molecule has 0 N–H and O–H groups in total. The normalized spacial score (nSPS) is 12.9. The predicted octanol–water partition coefficient (Wildman–Crippen LogP) is 10.9. The van der Waals surface area contributed by atoms with Gasteiger partial charge in [0.15, 0.2) is 6.54 Å². The highest BCUT2D eigenvalue weighted by atomic mass is 16.7. The monoisotopic (exact) mass is 795 g/mol. The molecular weight excluding hydrogens is 711 g/mol. The molecule has 0 aromatic rings. The smallest absolute Gasteiger partial charge is 0.362 e. The average molecular weight is 795 g/mol. The van der Waals surface area contributed by atoms with E-state index in [-0.39, 0.29) is 49.9 Å². The maximum Gasteiger partial charge on any atom is 0.362 e. The van der Waals surface area contributed by atoms with Crippen molar-refractivity contribution in [3.63, 3.8) is 0 Å². The Kier molecular flexibility index (Phi) is 36.0. The molecule has 0 aliphatic rings. The lowest BCUT2D eigenvalue weighted by Gasteiger charge is -2.29. The Bertz CT molecular complexity index is 1040. The standard InChI is InChI=1S/C46H84NO9/c1-7-9-11-25-31-42(52-6)32-27-21-17-13-15-19-23-29-35-44(49)54-40-55-45(50)36-30-24-20-16-14-18-22-28-34-43(33-26-12-10-8-2)56-46(51)39-47(4,5)37-38-53-41(3)48/h21-22,27-28,42-43H,7-20,23-26,29-40H2,1-6H3/q+1/t42-,43+/m1/s1. The van der Waals surface area contributed by atoms with Crippen molar-refractivity contribution in [2.75, 3.05) is 47.7 Å². The van der Waals surface area contributed by atoms with Crippen LogP contribution in [0, 0.1) is 0 Å². The first-order valence-corrected chi connectivity index (χ1v) is 22.3. The molecule has 0 aliphatic carbocycles. The van der Waals surface area contributed by atoms with Crippen LogP contribution in [-0.2, 0) is 42.9 Å². The molecule has 0 saturated carbocycles. The van der Waals surface area contributed by atoms with Crippen LogP contribution in [-0.4, -0.2) is 88.3 Å². The zero-order valence-corrected chi connectivity index (χ0v) is 36.8. The van der Waals surface area contributed by atoms with Crippen molar-refractivity contribution in [3.05, 3.63) is 24.3 Å². The van der Waals surface area contributed by atoms with Gasteiger partial charge in [0.2, 0.25) is 6.79 Å².